The van der Waals surface area contributed by atoms with Crippen LogP contribution in [0.2, 0.25) is 5.02 Å². The van der Waals surface area contributed by atoms with Crippen LogP contribution in [0.15, 0.2) is 36.7 Å². The van der Waals surface area contributed by atoms with Crippen molar-refractivity contribution in [2.24, 2.45) is 0 Å². The van der Waals surface area contributed by atoms with Crippen LogP contribution in [-0.4, -0.2) is 27.2 Å². The SMILES string of the molecule is O=C(NCCCn1cccn1)c1cccc(Cl)c1[N+](=O)[O-]. The van der Waals surface area contributed by atoms with Crippen molar-refractivity contribution in [3.8, 4) is 0 Å². The van der Waals surface area contributed by atoms with Crippen LogP contribution in [0.3, 0.4) is 0 Å². The number of carbonyl (C=O) groups is 1. The van der Waals surface area contributed by atoms with E-state index >= 15 is 0 Å². The van der Waals surface area contributed by atoms with E-state index in [0.717, 1.165) is 0 Å². The van der Waals surface area contributed by atoms with Gasteiger partial charge in [-0.25, -0.2) is 0 Å². The standard InChI is InChI=1S/C13H13ClN4O3/c14-11-5-1-4-10(12(11)18(20)21)13(19)15-6-2-8-17-9-3-7-16-17/h1,3-5,7,9H,2,6,8H2,(H,15,19). The maximum atomic E-state index is 12.0. The fourth-order valence-corrected chi connectivity index (χ4v) is 2.10. The van der Waals surface area contributed by atoms with Gasteiger partial charge in [-0.15, -0.1) is 0 Å². The lowest BCUT2D eigenvalue weighted by molar-refractivity contribution is -0.385. The van der Waals surface area contributed by atoms with Crippen LogP contribution in [0.4, 0.5) is 5.69 Å². The Labute approximate surface area is 125 Å². The molecular weight excluding hydrogens is 296 g/mol. The summed E-state index contributed by atoms with van der Waals surface area (Å²) in [6, 6.07) is 6.09. The van der Waals surface area contributed by atoms with Crippen LogP contribution < -0.4 is 5.32 Å². The molecule has 0 aliphatic heterocycles. The predicted octanol–water partition coefficient (Wildman–Crippen LogP) is 2.26. The molecule has 0 fully saturated rings. The Kier molecular flexibility index (Phi) is 4.89. The van der Waals surface area contributed by atoms with E-state index in [1.807, 2.05) is 12.3 Å². The Hall–Kier alpha value is -2.41. The lowest BCUT2D eigenvalue weighted by atomic mass is 10.1. The van der Waals surface area contributed by atoms with E-state index in [9.17, 15) is 14.9 Å². The molecule has 8 heteroatoms. The Balaban J connectivity index is 1.94. The van der Waals surface area contributed by atoms with Gasteiger partial charge in [0.25, 0.3) is 5.91 Å². The summed E-state index contributed by atoms with van der Waals surface area (Å²) in [7, 11) is 0. The van der Waals surface area contributed by atoms with Crippen molar-refractivity contribution >= 4 is 23.2 Å². The first kappa shape index (κ1) is 15.0. The zero-order valence-electron chi connectivity index (χ0n) is 11.0. The molecule has 0 saturated heterocycles. The number of amides is 1. The molecule has 0 unspecified atom stereocenters. The summed E-state index contributed by atoms with van der Waals surface area (Å²) >= 11 is 5.76. The Bertz CT molecular complexity index is 643. The number of benzene rings is 1. The molecule has 1 amide bonds. The first-order valence-corrected chi connectivity index (χ1v) is 6.66. The van der Waals surface area contributed by atoms with Crippen LogP contribution in [0, 0.1) is 10.1 Å². The molecule has 0 aliphatic rings. The molecule has 2 aromatic rings. The van der Waals surface area contributed by atoms with E-state index in [2.05, 4.69) is 10.4 Å². The summed E-state index contributed by atoms with van der Waals surface area (Å²) in [6.07, 6.45) is 4.17. The van der Waals surface area contributed by atoms with Crippen molar-refractivity contribution < 1.29 is 9.72 Å². The Morgan fingerprint density at radius 1 is 1.43 bits per heavy atom. The van der Waals surface area contributed by atoms with Crippen LogP contribution in [0.1, 0.15) is 16.8 Å². The fourth-order valence-electron chi connectivity index (χ4n) is 1.86. The summed E-state index contributed by atoms with van der Waals surface area (Å²) in [5, 5.41) is 17.6. The largest absolute Gasteiger partial charge is 0.352 e. The molecule has 0 bridgehead atoms. The first-order valence-electron chi connectivity index (χ1n) is 6.28. The molecule has 1 aromatic carbocycles. The third-order valence-electron chi connectivity index (χ3n) is 2.82. The molecule has 0 atom stereocenters. The second-order valence-corrected chi connectivity index (χ2v) is 4.68. The number of hydrogen-bond acceptors (Lipinski definition) is 4. The smallest absolute Gasteiger partial charge is 0.300 e. The van der Waals surface area contributed by atoms with Gasteiger partial charge in [-0.2, -0.15) is 5.10 Å². The molecule has 7 nitrogen and oxygen atoms in total. The van der Waals surface area contributed by atoms with Crippen molar-refractivity contribution in [1.82, 2.24) is 15.1 Å². The summed E-state index contributed by atoms with van der Waals surface area (Å²) in [5.41, 5.74) is -0.407. The van der Waals surface area contributed by atoms with Gasteiger partial charge in [0.15, 0.2) is 0 Å². The van der Waals surface area contributed by atoms with Gasteiger partial charge in [0.2, 0.25) is 0 Å². The monoisotopic (exact) mass is 308 g/mol. The highest BCUT2D eigenvalue weighted by molar-refractivity contribution is 6.33. The second kappa shape index (κ2) is 6.85. The average molecular weight is 309 g/mol. The van der Waals surface area contributed by atoms with E-state index in [1.54, 1.807) is 10.9 Å². The normalized spacial score (nSPS) is 10.3. The van der Waals surface area contributed by atoms with Gasteiger partial charge in [-0.3, -0.25) is 19.6 Å². The molecule has 0 aliphatic carbocycles. The van der Waals surface area contributed by atoms with Gasteiger partial charge in [0.05, 0.1) is 4.92 Å². The van der Waals surface area contributed by atoms with Gasteiger partial charge in [0, 0.05) is 25.5 Å². The molecule has 0 saturated carbocycles. The lowest BCUT2D eigenvalue weighted by Gasteiger charge is -2.06. The molecule has 1 aromatic heterocycles. The van der Waals surface area contributed by atoms with Gasteiger partial charge >= 0.3 is 5.69 Å². The Morgan fingerprint density at radius 2 is 2.24 bits per heavy atom. The third kappa shape index (κ3) is 3.79. The van der Waals surface area contributed by atoms with E-state index in [4.69, 9.17) is 11.6 Å². The number of nitro groups is 1. The summed E-state index contributed by atoms with van der Waals surface area (Å²) in [6.45, 7) is 1.05. The van der Waals surface area contributed by atoms with E-state index in [1.165, 1.54) is 18.2 Å². The number of hydrogen-bond donors (Lipinski definition) is 1. The molecule has 1 heterocycles. The summed E-state index contributed by atoms with van der Waals surface area (Å²) < 4.78 is 1.74. The maximum Gasteiger partial charge on any atom is 0.300 e. The van der Waals surface area contributed by atoms with Crippen molar-refractivity contribution in [2.75, 3.05) is 6.54 Å². The van der Waals surface area contributed by atoms with Crippen LogP contribution in [-0.2, 0) is 6.54 Å². The Morgan fingerprint density at radius 3 is 2.90 bits per heavy atom. The van der Waals surface area contributed by atoms with Gasteiger partial charge < -0.3 is 5.32 Å². The van der Waals surface area contributed by atoms with Crippen LogP contribution in [0.5, 0.6) is 0 Å². The predicted molar refractivity (Wildman–Crippen MR) is 77.3 cm³/mol. The average Bonchev–Trinajstić information content (AvgIpc) is 2.95. The zero-order valence-corrected chi connectivity index (χ0v) is 11.8. The minimum Gasteiger partial charge on any atom is -0.352 e. The van der Waals surface area contributed by atoms with E-state index in [-0.39, 0.29) is 16.3 Å². The number of rotatable bonds is 6. The number of aromatic nitrogens is 2. The topological polar surface area (TPSA) is 90.1 Å². The first-order chi connectivity index (χ1) is 10.1. The van der Waals surface area contributed by atoms with E-state index < -0.39 is 10.8 Å². The number of aryl methyl sites for hydroxylation is 1. The second-order valence-electron chi connectivity index (χ2n) is 4.27. The van der Waals surface area contributed by atoms with Crippen molar-refractivity contribution in [3.63, 3.8) is 0 Å². The minimum atomic E-state index is -0.652. The van der Waals surface area contributed by atoms with Crippen molar-refractivity contribution in [2.45, 2.75) is 13.0 Å². The highest BCUT2D eigenvalue weighted by Crippen LogP contribution is 2.27. The molecule has 2 rings (SSSR count). The molecule has 110 valence electrons. The fraction of sp³-hybridized carbons (Fsp3) is 0.231. The number of carbonyl (C=O) groups excluding carboxylic acids is 1. The van der Waals surface area contributed by atoms with Gasteiger partial charge in [0.1, 0.15) is 10.6 Å². The molecular formula is C13H13ClN4O3. The number of halogens is 1. The molecule has 0 spiro atoms. The van der Waals surface area contributed by atoms with Gasteiger partial charge in [-0.1, -0.05) is 17.7 Å². The molecule has 1 N–H and O–H groups in total. The molecule has 21 heavy (non-hydrogen) atoms. The summed E-state index contributed by atoms with van der Waals surface area (Å²) in [4.78, 5) is 22.3. The van der Waals surface area contributed by atoms with Crippen LogP contribution >= 0.6 is 11.6 Å². The highest BCUT2D eigenvalue weighted by atomic mass is 35.5. The number of nitro benzene ring substituents is 1. The number of nitrogens with zero attached hydrogens (tertiary/aromatic N) is 3. The summed E-state index contributed by atoms with van der Waals surface area (Å²) in [5.74, 6) is -0.510. The quantitative estimate of drug-likeness (QED) is 0.503. The third-order valence-corrected chi connectivity index (χ3v) is 3.13. The van der Waals surface area contributed by atoms with Crippen molar-refractivity contribution in [3.05, 3.63) is 57.4 Å². The number of nitrogens with one attached hydrogen (secondary N) is 1. The molecule has 0 radical (unpaired) electrons. The van der Waals surface area contributed by atoms with Gasteiger partial charge in [-0.05, 0) is 24.6 Å². The maximum absolute atomic E-state index is 12.0. The highest BCUT2D eigenvalue weighted by Gasteiger charge is 2.23. The van der Waals surface area contributed by atoms with E-state index in [0.29, 0.717) is 19.5 Å². The number of para-hydroxylation sites is 1. The van der Waals surface area contributed by atoms with Crippen LogP contribution in [0.25, 0.3) is 0 Å². The minimum absolute atomic E-state index is 0.0356. The van der Waals surface area contributed by atoms with Crippen molar-refractivity contribution in [1.29, 1.82) is 0 Å². The lowest BCUT2D eigenvalue weighted by Crippen LogP contribution is -2.26. The zero-order chi connectivity index (χ0) is 15.2.